The van der Waals surface area contributed by atoms with Gasteiger partial charge in [0, 0.05) is 32.6 Å². The standard InChI is InChI=1S/C13H18N2O/c1-2-13-12(3-4-16-13)5-10(1)6-14-7-11-8-15-9-11/h1-2,5,11,14-15H,3-4,6-9H2. The van der Waals surface area contributed by atoms with Crippen molar-refractivity contribution < 1.29 is 4.74 Å². The molecule has 1 saturated heterocycles. The first-order chi connectivity index (χ1) is 7.92. The average molecular weight is 218 g/mol. The second kappa shape index (κ2) is 4.44. The SMILES string of the molecule is c1cc2c(cc1CNCC1CNC1)CCO2. The molecule has 2 aliphatic heterocycles. The van der Waals surface area contributed by atoms with Crippen molar-refractivity contribution in [2.45, 2.75) is 13.0 Å². The Morgan fingerprint density at radius 2 is 2.31 bits per heavy atom. The summed E-state index contributed by atoms with van der Waals surface area (Å²) < 4.78 is 5.49. The molecule has 1 aromatic rings. The second-order valence-corrected chi connectivity index (χ2v) is 4.70. The lowest BCUT2D eigenvalue weighted by Gasteiger charge is -2.27. The highest BCUT2D eigenvalue weighted by atomic mass is 16.5. The fourth-order valence-corrected chi connectivity index (χ4v) is 2.26. The van der Waals surface area contributed by atoms with Crippen LogP contribution < -0.4 is 15.4 Å². The molecule has 0 amide bonds. The van der Waals surface area contributed by atoms with Crippen molar-refractivity contribution in [3.63, 3.8) is 0 Å². The molecule has 3 rings (SSSR count). The van der Waals surface area contributed by atoms with E-state index in [-0.39, 0.29) is 0 Å². The Labute approximate surface area is 96.2 Å². The fourth-order valence-electron chi connectivity index (χ4n) is 2.26. The zero-order chi connectivity index (χ0) is 10.8. The van der Waals surface area contributed by atoms with Gasteiger partial charge in [-0.15, -0.1) is 0 Å². The van der Waals surface area contributed by atoms with Crippen molar-refractivity contribution in [2.75, 3.05) is 26.2 Å². The van der Waals surface area contributed by atoms with Crippen molar-refractivity contribution in [3.8, 4) is 5.75 Å². The summed E-state index contributed by atoms with van der Waals surface area (Å²) in [6.07, 6.45) is 1.07. The van der Waals surface area contributed by atoms with Gasteiger partial charge in [-0.1, -0.05) is 12.1 Å². The molecule has 0 saturated carbocycles. The van der Waals surface area contributed by atoms with Crippen LogP contribution in [0.3, 0.4) is 0 Å². The van der Waals surface area contributed by atoms with E-state index in [0.717, 1.165) is 37.8 Å². The van der Waals surface area contributed by atoms with E-state index >= 15 is 0 Å². The number of ether oxygens (including phenoxy) is 1. The lowest BCUT2D eigenvalue weighted by atomic mass is 10.0. The molecule has 16 heavy (non-hydrogen) atoms. The van der Waals surface area contributed by atoms with E-state index < -0.39 is 0 Å². The van der Waals surface area contributed by atoms with Gasteiger partial charge in [0.15, 0.2) is 0 Å². The van der Waals surface area contributed by atoms with Crippen LogP contribution in [0.4, 0.5) is 0 Å². The lowest BCUT2D eigenvalue weighted by molar-refractivity contribution is 0.331. The Kier molecular flexibility index (Phi) is 2.80. The van der Waals surface area contributed by atoms with Gasteiger partial charge in [-0.3, -0.25) is 0 Å². The van der Waals surface area contributed by atoms with Crippen LogP contribution in [-0.4, -0.2) is 26.2 Å². The first kappa shape index (κ1) is 10.1. The van der Waals surface area contributed by atoms with E-state index in [1.165, 1.54) is 24.2 Å². The molecule has 0 bridgehead atoms. The van der Waals surface area contributed by atoms with Crippen molar-refractivity contribution in [1.82, 2.24) is 10.6 Å². The van der Waals surface area contributed by atoms with Gasteiger partial charge in [-0.25, -0.2) is 0 Å². The third kappa shape index (κ3) is 2.06. The summed E-state index contributed by atoms with van der Waals surface area (Å²) >= 11 is 0. The zero-order valence-corrected chi connectivity index (χ0v) is 9.46. The Morgan fingerprint density at radius 3 is 3.12 bits per heavy atom. The zero-order valence-electron chi connectivity index (χ0n) is 9.46. The van der Waals surface area contributed by atoms with Gasteiger partial charge in [0.05, 0.1) is 6.61 Å². The molecule has 2 heterocycles. The van der Waals surface area contributed by atoms with E-state index in [4.69, 9.17) is 4.74 Å². The van der Waals surface area contributed by atoms with E-state index in [2.05, 4.69) is 28.8 Å². The summed E-state index contributed by atoms with van der Waals surface area (Å²) in [7, 11) is 0. The van der Waals surface area contributed by atoms with E-state index in [1.54, 1.807) is 0 Å². The number of hydrogen-bond donors (Lipinski definition) is 2. The Hall–Kier alpha value is -1.06. The molecule has 0 aromatic heterocycles. The van der Waals surface area contributed by atoms with E-state index in [0.29, 0.717) is 0 Å². The molecule has 0 atom stereocenters. The monoisotopic (exact) mass is 218 g/mol. The molecule has 2 N–H and O–H groups in total. The van der Waals surface area contributed by atoms with Crippen LogP contribution in [0.15, 0.2) is 18.2 Å². The average Bonchev–Trinajstić information content (AvgIpc) is 2.68. The number of benzene rings is 1. The Morgan fingerprint density at radius 1 is 1.38 bits per heavy atom. The van der Waals surface area contributed by atoms with Crippen LogP contribution in [0.25, 0.3) is 0 Å². The van der Waals surface area contributed by atoms with Crippen LogP contribution in [0.5, 0.6) is 5.75 Å². The van der Waals surface area contributed by atoms with Crippen molar-refractivity contribution >= 4 is 0 Å². The molecule has 3 nitrogen and oxygen atoms in total. The van der Waals surface area contributed by atoms with Crippen molar-refractivity contribution in [3.05, 3.63) is 29.3 Å². The van der Waals surface area contributed by atoms with Gasteiger partial charge >= 0.3 is 0 Å². The Bertz CT molecular complexity index is 374. The highest BCUT2D eigenvalue weighted by Gasteiger charge is 2.16. The summed E-state index contributed by atoms with van der Waals surface area (Å²) in [5.74, 6) is 1.91. The first-order valence-corrected chi connectivity index (χ1v) is 6.08. The number of fused-ring (bicyclic) bond motifs is 1. The van der Waals surface area contributed by atoms with E-state index in [9.17, 15) is 0 Å². The molecule has 0 aliphatic carbocycles. The summed E-state index contributed by atoms with van der Waals surface area (Å²) in [6, 6.07) is 6.54. The summed E-state index contributed by atoms with van der Waals surface area (Å²) in [5, 5.41) is 6.80. The smallest absolute Gasteiger partial charge is 0.122 e. The van der Waals surface area contributed by atoms with Gasteiger partial charge in [0.2, 0.25) is 0 Å². The third-order valence-corrected chi connectivity index (χ3v) is 3.38. The van der Waals surface area contributed by atoms with Gasteiger partial charge in [0.25, 0.3) is 0 Å². The number of nitrogens with one attached hydrogen (secondary N) is 2. The molecule has 2 aliphatic rings. The van der Waals surface area contributed by atoms with Crippen molar-refractivity contribution in [2.24, 2.45) is 5.92 Å². The van der Waals surface area contributed by atoms with Gasteiger partial charge < -0.3 is 15.4 Å². The van der Waals surface area contributed by atoms with Crippen LogP contribution in [0, 0.1) is 5.92 Å². The maximum atomic E-state index is 5.49. The predicted octanol–water partition coefficient (Wildman–Crippen LogP) is 0.930. The molecule has 86 valence electrons. The predicted molar refractivity (Wildman–Crippen MR) is 63.7 cm³/mol. The summed E-state index contributed by atoms with van der Waals surface area (Å²) in [6.45, 7) is 5.29. The molecule has 0 spiro atoms. The highest BCUT2D eigenvalue weighted by molar-refractivity contribution is 5.39. The van der Waals surface area contributed by atoms with Crippen LogP contribution in [0.2, 0.25) is 0 Å². The molecular formula is C13H18N2O. The normalized spacial score (nSPS) is 19.0. The van der Waals surface area contributed by atoms with Crippen LogP contribution in [-0.2, 0) is 13.0 Å². The first-order valence-electron chi connectivity index (χ1n) is 6.08. The van der Waals surface area contributed by atoms with Gasteiger partial charge in [-0.05, 0) is 23.1 Å². The van der Waals surface area contributed by atoms with Crippen LogP contribution >= 0.6 is 0 Å². The maximum absolute atomic E-state index is 5.49. The number of hydrogen-bond acceptors (Lipinski definition) is 3. The summed E-state index contributed by atoms with van der Waals surface area (Å²) in [5.41, 5.74) is 2.74. The molecule has 1 fully saturated rings. The fraction of sp³-hybridized carbons (Fsp3) is 0.538. The number of rotatable bonds is 4. The molecule has 3 heteroatoms. The highest BCUT2D eigenvalue weighted by Crippen LogP contribution is 2.25. The molecule has 1 aromatic carbocycles. The lowest BCUT2D eigenvalue weighted by Crippen LogP contribution is -2.47. The van der Waals surface area contributed by atoms with Gasteiger partial charge in [-0.2, -0.15) is 0 Å². The minimum Gasteiger partial charge on any atom is -0.493 e. The molecule has 0 unspecified atom stereocenters. The molecular weight excluding hydrogens is 200 g/mol. The van der Waals surface area contributed by atoms with Crippen LogP contribution in [0.1, 0.15) is 11.1 Å². The molecule has 0 radical (unpaired) electrons. The largest absolute Gasteiger partial charge is 0.493 e. The minimum absolute atomic E-state index is 0.831. The van der Waals surface area contributed by atoms with Crippen molar-refractivity contribution in [1.29, 1.82) is 0 Å². The van der Waals surface area contributed by atoms with Gasteiger partial charge in [0.1, 0.15) is 5.75 Å². The second-order valence-electron chi connectivity index (χ2n) is 4.70. The Balaban J connectivity index is 1.53. The topological polar surface area (TPSA) is 33.3 Å². The quantitative estimate of drug-likeness (QED) is 0.789. The maximum Gasteiger partial charge on any atom is 0.122 e. The third-order valence-electron chi connectivity index (χ3n) is 3.38. The minimum atomic E-state index is 0.831. The summed E-state index contributed by atoms with van der Waals surface area (Å²) in [4.78, 5) is 0. The van der Waals surface area contributed by atoms with E-state index in [1.807, 2.05) is 0 Å².